The average Bonchev–Trinajstić information content (AvgIpc) is 1.58. The van der Waals surface area contributed by atoms with Crippen LogP contribution in [0.2, 0.25) is 0 Å². The van der Waals surface area contributed by atoms with Gasteiger partial charge in [0.05, 0.1) is 33.1 Å². The van der Waals surface area contributed by atoms with Crippen LogP contribution in [-0.2, 0) is 10.8 Å². The standard InChI is InChI=1S/C90H64N4/c1-89(2)79-51-59(58-38-49-86-78(50-58)75-28-16-19-31-85(75)92(86)63-20-8-5-9-21-63)34-43-69(79)71-47-41-67(55-81(71)89)91(66-39-32-57(33-40-66)61-36-45-76-73-26-14-17-29-83(73)93(87(76)53-61)64-22-10-6-11-23-64)68-42-48-72-70-44-35-60(52-80(70)90(3,4)82(72)56-68)62-37-46-77-74-27-15-18-30-84(74)94(88(77)54-62)65-24-12-7-13-25-65/h5-56H,1-4H3. The van der Waals surface area contributed by atoms with Gasteiger partial charge in [-0.05, 0) is 205 Å². The zero-order valence-electron chi connectivity index (χ0n) is 52.8. The summed E-state index contributed by atoms with van der Waals surface area (Å²) >= 11 is 0. The van der Waals surface area contributed by atoms with Gasteiger partial charge >= 0.3 is 0 Å². The highest BCUT2D eigenvalue weighted by Gasteiger charge is 2.39. The van der Waals surface area contributed by atoms with Crippen molar-refractivity contribution in [3.63, 3.8) is 0 Å². The van der Waals surface area contributed by atoms with Crippen molar-refractivity contribution in [3.05, 3.63) is 338 Å². The fraction of sp³-hybridized carbons (Fsp3) is 0.0667. The highest BCUT2D eigenvalue weighted by Crippen LogP contribution is 2.55. The van der Waals surface area contributed by atoms with Crippen LogP contribution in [0.4, 0.5) is 17.1 Å². The second-order valence-corrected chi connectivity index (χ2v) is 26.9. The van der Waals surface area contributed by atoms with Crippen LogP contribution in [0.15, 0.2) is 315 Å². The van der Waals surface area contributed by atoms with E-state index in [1.165, 1.54) is 149 Å². The van der Waals surface area contributed by atoms with E-state index in [1.54, 1.807) is 0 Å². The van der Waals surface area contributed by atoms with Crippen molar-refractivity contribution < 1.29 is 0 Å². The summed E-state index contributed by atoms with van der Waals surface area (Å²) in [5.74, 6) is 0. The molecule has 3 aromatic heterocycles. The van der Waals surface area contributed by atoms with Gasteiger partial charge in [-0.2, -0.15) is 0 Å². The predicted molar refractivity (Wildman–Crippen MR) is 396 cm³/mol. The quantitative estimate of drug-likeness (QED) is 0.141. The second-order valence-electron chi connectivity index (χ2n) is 26.9. The Morgan fingerprint density at radius 3 is 0.968 bits per heavy atom. The molecule has 0 radical (unpaired) electrons. The van der Waals surface area contributed by atoms with E-state index in [0.717, 1.165) is 28.4 Å². The first-order valence-corrected chi connectivity index (χ1v) is 32.9. The van der Waals surface area contributed by atoms with Crippen molar-refractivity contribution in [2.75, 3.05) is 4.90 Å². The van der Waals surface area contributed by atoms with Crippen molar-refractivity contribution in [1.29, 1.82) is 0 Å². The summed E-state index contributed by atoms with van der Waals surface area (Å²) in [7, 11) is 0. The number of hydrogen-bond acceptors (Lipinski definition) is 1. The van der Waals surface area contributed by atoms with Crippen molar-refractivity contribution in [3.8, 4) is 72.7 Å². The Balaban J connectivity index is 0.714. The molecule has 94 heavy (non-hydrogen) atoms. The van der Waals surface area contributed by atoms with E-state index in [2.05, 4.69) is 362 Å². The molecule has 0 amide bonds. The van der Waals surface area contributed by atoms with Gasteiger partial charge in [0.2, 0.25) is 0 Å². The maximum Gasteiger partial charge on any atom is 0.0547 e. The fourth-order valence-corrected chi connectivity index (χ4v) is 16.4. The van der Waals surface area contributed by atoms with Crippen molar-refractivity contribution in [2.45, 2.75) is 38.5 Å². The van der Waals surface area contributed by atoms with Gasteiger partial charge in [0.1, 0.15) is 0 Å². The van der Waals surface area contributed by atoms with E-state index in [0.29, 0.717) is 0 Å². The third-order valence-electron chi connectivity index (χ3n) is 21.0. The molecule has 4 heteroatoms. The van der Waals surface area contributed by atoms with Crippen LogP contribution in [-0.4, -0.2) is 13.7 Å². The molecule has 0 saturated heterocycles. The smallest absolute Gasteiger partial charge is 0.0547 e. The summed E-state index contributed by atoms with van der Waals surface area (Å²) in [4.78, 5) is 2.50. The molecule has 2 aliphatic rings. The van der Waals surface area contributed by atoms with Crippen LogP contribution in [0.25, 0.3) is 138 Å². The number of aromatic nitrogens is 3. The number of nitrogens with zero attached hydrogens (tertiary/aromatic N) is 4. The Kier molecular flexibility index (Phi) is 11.7. The molecule has 19 rings (SSSR count). The van der Waals surface area contributed by atoms with Gasteiger partial charge in [-0.25, -0.2) is 0 Å². The largest absolute Gasteiger partial charge is 0.310 e. The topological polar surface area (TPSA) is 18.0 Å². The molecular formula is C90H64N4. The zero-order valence-corrected chi connectivity index (χ0v) is 52.8. The molecule has 0 aliphatic heterocycles. The highest BCUT2D eigenvalue weighted by atomic mass is 15.1. The van der Waals surface area contributed by atoms with Gasteiger partial charge in [-0.3, -0.25) is 0 Å². The summed E-state index contributed by atoms with van der Waals surface area (Å²) in [6.45, 7) is 9.66. The molecule has 0 bridgehead atoms. The third-order valence-corrected chi connectivity index (χ3v) is 21.0. The molecule has 0 unspecified atom stereocenters. The number of hydrogen-bond donors (Lipinski definition) is 0. The van der Waals surface area contributed by atoms with Crippen molar-refractivity contribution >= 4 is 82.5 Å². The summed E-state index contributed by atoms with van der Waals surface area (Å²) in [5, 5.41) is 7.53. The lowest BCUT2D eigenvalue weighted by molar-refractivity contribution is 0.660. The molecule has 0 fully saturated rings. The molecule has 2 aliphatic carbocycles. The minimum absolute atomic E-state index is 0.289. The van der Waals surface area contributed by atoms with Gasteiger partial charge in [-0.15, -0.1) is 0 Å². The van der Waals surface area contributed by atoms with Crippen LogP contribution in [0.1, 0.15) is 49.9 Å². The molecule has 0 spiro atoms. The lowest BCUT2D eigenvalue weighted by Gasteiger charge is -2.30. The lowest BCUT2D eigenvalue weighted by Crippen LogP contribution is -2.18. The number of benzene rings is 14. The van der Waals surface area contributed by atoms with Gasteiger partial charge in [-0.1, -0.05) is 216 Å². The highest BCUT2D eigenvalue weighted by molar-refractivity contribution is 6.13. The van der Waals surface area contributed by atoms with Crippen LogP contribution >= 0.6 is 0 Å². The van der Waals surface area contributed by atoms with E-state index in [-0.39, 0.29) is 10.8 Å². The number of fused-ring (bicyclic) bond motifs is 15. The molecule has 17 aromatic rings. The molecule has 3 heterocycles. The second kappa shape index (κ2) is 20.4. The normalized spacial score (nSPS) is 13.5. The Hall–Kier alpha value is -11.7. The van der Waals surface area contributed by atoms with Gasteiger partial charge in [0, 0.05) is 77.3 Å². The Morgan fingerprint density at radius 2 is 0.511 bits per heavy atom. The first kappa shape index (κ1) is 54.1. The Bertz CT molecular complexity index is 5960. The molecule has 0 N–H and O–H groups in total. The Labute approximate surface area is 546 Å². The molecule has 0 saturated carbocycles. The van der Waals surface area contributed by atoms with Gasteiger partial charge < -0.3 is 18.6 Å². The first-order chi connectivity index (χ1) is 46.1. The zero-order chi connectivity index (χ0) is 62.6. The van der Waals surface area contributed by atoms with Crippen LogP contribution < -0.4 is 4.90 Å². The maximum atomic E-state index is 2.50. The van der Waals surface area contributed by atoms with E-state index in [9.17, 15) is 0 Å². The lowest BCUT2D eigenvalue weighted by atomic mass is 9.81. The van der Waals surface area contributed by atoms with Crippen LogP contribution in [0.3, 0.4) is 0 Å². The summed E-state index contributed by atoms with van der Waals surface area (Å²) in [5.41, 5.74) is 31.2. The summed E-state index contributed by atoms with van der Waals surface area (Å²) in [6, 6.07) is 118. The minimum atomic E-state index is -0.293. The molecule has 444 valence electrons. The van der Waals surface area contributed by atoms with Crippen molar-refractivity contribution in [1.82, 2.24) is 13.7 Å². The molecular weight excluding hydrogens is 1140 g/mol. The van der Waals surface area contributed by atoms with E-state index >= 15 is 0 Å². The van der Waals surface area contributed by atoms with Gasteiger partial charge in [0.25, 0.3) is 0 Å². The van der Waals surface area contributed by atoms with Crippen molar-refractivity contribution in [2.24, 2.45) is 0 Å². The van der Waals surface area contributed by atoms with Crippen LogP contribution in [0.5, 0.6) is 0 Å². The number of para-hydroxylation sites is 6. The van der Waals surface area contributed by atoms with Gasteiger partial charge in [0.15, 0.2) is 0 Å². The SMILES string of the molecule is CC1(C)c2cc(-c3ccc4c(c3)c3ccccc3n4-c3ccccc3)ccc2-c2ccc(N(c3ccc(-c4ccc5c6ccccc6n(-c6ccccc6)c5c4)cc3)c3ccc4c(c3)C(C)(C)c3cc(-c5ccc6c7ccccc7n(-c7ccccc7)c6c5)ccc3-4)cc21. The van der Waals surface area contributed by atoms with Crippen LogP contribution in [0, 0.1) is 0 Å². The maximum absolute atomic E-state index is 2.50. The summed E-state index contributed by atoms with van der Waals surface area (Å²) in [6.07, 6.45) is 0. The molecule has 14 aromatic carbocycles. The molecule has 4 nitrogen and oxygen atoms in total. The van der Waals surface area contributed by atoms with E-state index in [1.807, 2.05) is 0 Å². The fourth-order valence-electron chi connectivity index (χ4n) is 16.4. The number of rotatable bonds is 9. The Morgan fingerprint density at radius 1 is 0.213 bits per heavy atom. The van der Waals surface area contributed by atoms with E-state index in [4.69, 9.17) is 0 Å². The number of anilines is 3. The average molecular weight is 1200 g/mol. The molecule has 0 atom stereocenters. The predicted octanol–water partition coefficient (Wildman–Crippen LogP) is 24.1. The van der Waals surface area contributed by atoms with E-state index < -0.39 is 0 Å². The summed E-state index contributed by atoms with van der Waals surface area (Å²) < 4.78 is 7.22. The third kappa shape index (κ3) is 8.06. The first-order valence-electron chi connectivity index (χ1n) is 32.9. The monoisotopic (exact) mass is 1200 g/mol. The minimum Gasteiger partial charge on any atom is -0.310 e.